The molecule has 0 aromatic heterocycles. The van der Waals surface area contributed by atoms with Gasteiger partial charge >= 0.3 is 5.97 Å². The number of carbonyl (C=O) groups is 1. The van der Waals surface area contributed by atoms with Gasteiger partial charge in [-0.1, -0.05) is 24.3 Å². The van der Waals surface area contributed by atoms with Crippen LogP contribution in [0, 0.1) is 0 Å². The van der Waals surface area contributed by atoms with Gasteiger partial charge in [0.15, 0.2) is 5.96 Å². The highest BCUT2D eigenvalue weighted by atomic mass is 127. The molecule has 0 fully saturated rings. The van der Waals surface area contributed by atoms with Crippen LogP contribution < -0.4 is 15.4 Å². The largest absolute Gasteiger partial charge is 0.497 e. The molecular formula is C20H26IN3O3. The Morgan fingerprint density at radius 2 is 1.48 bits per heavy atom. The van der Waals surface area contributed by atoms with Gasteiger partial charge in [0.25, 0.3) is 0 Å². The van der Waals surface area contributed by atoms with Crippen molar-refractivity contribution in [2.45, 2.75) is 20.0 Å². The van der Waals surface area contributed by atoms with Crippen LogP contribution in [0.2, 0.25) is 0 Å². The van der Waals surface area contributed by atoms with Crippen molar-refractivity contribution in [3.8, 4) is 5.75 Å². The van der Waals surface area contributed by atoms with E-state index >= 15 is 0 Å². The van der Waals surface area contributed by atoms with Gasteiger partial charge in [-0.25, -0.2) is 4.79 Å². The molecule has 0 saturated carbocycles. The lowest BCUT2D eigenvalue weighted by atomic mass is 10.1. The number of ether oxygens (including phenoxy) is 2. The van der Waals surface area contributed by atoms with Gasteiger partial charge in [-0.2, -0.15) is 0 Å². The molecule has 0 radical (unpaired) electrons. The first-order valence-corrected chi connectivity index (χ1v) is 8.49. The first-order valence-electron chi connectivity index (χ1n) is 8.49. The maximum Gasteiger partial charge on any atom is 0.338 e. The molecule has 2 aromatic rings. The normalized spacial score (nSPS) is 10.6. The summed E-state index contributed by atoms with van der Waals surface area (Å²) < 4.78 is 10.1. The molecule has 7 heteroatoms. The van der Waals surface area contributed by atoms with Crippen LogP contribution in [0.4, 0.5) is 0 Å². The summed E-state index contributed by atoms with van der Waals surface area (Å²) in [5, 5.41) is 6.51. The van der Waals surface area contributed by atoms with Crippen LogP contribution in [-0.4, -0.2) is 32.7 Å². The van der Waals surface area contributed by atoms with Gasteiger partial charge in [0, 0.05) is 20.1 Å². The maximum atomic E-state index is 11.7. The van der Waals surface area contributed by atoms with E-state index in [2.05, 4.69) is 15.6 Å². The standard InChI is InChI=1S/C20H25N3O3.HI/c1-4-26-19(24)17-9-5-15(6-10-17)13-22-20(21-2)23-14-16-7-11-18(25-3)12-8-16;/h5-12H,4,13-14H2,1-3H3,(H2,21,22,23);1H. The average molecular weight is 483 g/mol. The second kappa shape index (κ2) is 12.2. The van der Waals surface area contributed by atoms with Crippen molar-refractivity contribution in [2.24, 2.45) is 4.99 Å². The number of hydrogen-bond acceptors (Lipinski definition) is 4. The third-order valence-corrected chi connectivity index (χ3v) is 3.77. The molecule has 0 saturated heterocycles. The number of halogens is 1. The Morgan fingerprint density at radius 3 is 1.93 bits per heavy atom. The molecule has 146 valence electrons. The van der Waals surface area contributed by atoms with Crippen molar-refractivity contribution in [2.75, 3.05) is 20.8 Å². The molecule has 0 aliphatic rings. The zero-order chi connectivity index (χ0) is 18.8. The molecule has 6 nitrogen and oxygen atoms in total. The highest BCUT2D eigenvalue weighted by Gasteiger charge is 2.06. The predicted molar refractivity (Wildman–Crippen MR) is 118 cm³/mol. The smallest absolute Gasteiger partial charge is 0.338 e. The summed E-state index contributed by atoms with van der Waals surface area (Å²) >= 11 is 0. The molecule has 0 atom stereocenters. The van der Waals surface area contributed by atoms with Gasteiger partial charge in [0.1, 0.15) is 5.75 Å². The second-order valence-corrected chi connectivity index (χ2v) is 5.54. The molecule has 2 rings (SSSR count). The Kier molecular flexibility index (Phi) is 10.2. The predicted octanol–water partition coefficient (Wildman–Crippen LogP) is 3.36. The first kappa shape index (κ1) is 22.8. The summed E-state index contributed by atoms with van der Waals surface area (Å²) in [5.41, 5.74) is 2.73. The Balaban J connectivity index is 0.00000364. The number of hydrogen-bond donors (Lipinski definition) is 2. The average Bonchev–Trinajstić information content (AvgIpc) is 2.69. The first-order chi connectivity index (χ1) is 12.7. The molecule has 0 bridgehead atoms. The molecule has 0 heterocycles. The van der Waals surface area contributed by atoms with E-state index in [0.717, 1.165) is 16.9 Å². The summed E-state index contributed by atoms with van der Waals surface area (Å²) in [6, 6.07) is 15.2. The van der Waals surface area contributed by atoms with Crippen LogP contribution in [0.25, 0.3) is 0 Å². The Bertz CT molecular complexity index is 731. The van der Waals surface area contributed by atoms with Gasteiger partial charge in [-0.05, 0) is 42.3 Å². The number of nitrogens with one attached hydrogen (secondary N) is 2. The highest BCUT2D eigenvalue weighted by Crippen LogP contribution is 2.11. The molecule has 2 N–H and O–H groups in total. The van der Waals surface area contributed by atoms with Crippen LogP contribution in [0.1, 0.15) is 28.4 Å². The van der Waals surface area contributed by atoms with E-state index in [1.807, 2.05) is 36.4 Å². The van der Waals surface area contributed by atoms with Crippen LogP contribution in [0.15, 0.2) is 53.5 Å². The summed E-state index contributed by atoms with van der Waals surface area (Å²) in [4.78, 5) is 15.9. The van der Waals surface area contributed by atoms with Gasteiger partial charge in [-0.3, -0.25) is 4.99 Å². The van der Waals surface area contributed by atoms with Crippen molar-refractivity contribution < 1.29 is 14.3 Å². The van der Waals surface area contributed by atoms with Crippen molar-refractivity contribution in [1.82, 2.24) is 10.6 Å². The summed E-state index contributed by atoms with van der Waals surface area (Å²) in [6.07, 6.45) is 0. The third-order valence-electron chi connectivity index (χ3n) is 3.77. The molecule has 0 aliphatic heterocycles. The minimum Gasteiger partial charge on any atom is -0.497 e. The fourth-order valence-corrected chi connectivity index (χ4v) is 2.31. The molecule has 2 aromatic carbocycles. The lowest BCUT2D eigenvalue weighted by molar-refractivity contribution is 0.0526. The molecule has 27 heavy (non-hydrogen) atoms. The highest BCUT2D eigenvalue weighted by molar-refractivity contribution is 14.0. The summed E-state index contributed by atoms with van der Waals surface area (Å²) in [6.45, 7) is 3.43. The third kappa shape index (κ3) is 7.46. The fourth-order valence-electron chi connectivity index (χ4n) is 2.31. The van der Waals surface area contributed by atoms with E-state index in [9.17, 15) is 4.79 Å². The van der Waals surface area contributed by atoms with Crippen molar-refractivity contribution in [1.29, 1.82) is 0 Å². The van der Waals surface area contributed by atoms with Crippen LogP contribution in [0.3, 0.4) is 0 Å². The number of aliphatic imine (C=N–C) groups is 1. The molecule has 0 amide bonds. The zero-order valence-corrected chi connectivity index (χ0v) is 18.2. The number of methoxy groups -OCH3 is 1. The number of esters is 1. The molecular weight excluding hydrogens is 457 g/mol. The number of nitrogens with zero attached hydrogens (tertiary/aromatic N) is 1. The Morgan fingerprint density at radius 1 is 0.963 bits per heavy atom. The van der Waals surface area contributed by atoms with Gasteiger partial charge < -0.3 is 20.1 Å². The maximum absolute atomic E-state index is 11.7. The Hall–Kier alpha value is -2.29. The monoisotopic (exact) mass is 483 g/mol. The fraction of sp³-hybridized carbons (Fsp3) is 0.300. The van der Waals surface area contributed by atoms with E-state index < -0.39 is 0 Å². The van der Waals surface area contributed by atoms with E-state index in [1.165, 1.54) is 0 Å². The van der Waals surface area contributed by atoms with Crippen LogP contribution in [0.5, 0.6) is 5.75 Å². The lowest BCUT2D eigenvalue weighted by Crippen LogP contribution is -2.36. The van der Waals surface area contributed by atoms with Gasteiger partial charge in [-0.15, -0.1) is 24.0 Å². The van der Waals surface area contributed by atoms with Crippen LogP contribution in [-0.2, 0) is 17.8 Å². The SMILES string of the molecule is CCOC(=O)c1ccc(CNC(=NC)NCc2ccc(OC)cc2)cc1.I. The molecule has 0 spiro atoms. The van der Waals surface area contributed by atoms with Crippen molar-refractivity contribution in [3.63, 3.8) is 0 Å². The summed E-state index contributed by atoms with van der Waals surface area (Å²) in [5.74, 6) is 1.24. The molecule has 0 unspecified atom stereocenters. The van der Waals surface area contributed by atoms with E-state index in [0.29, 0.717) is 31.2 Å². The number of carbonyl (C=O) groups excluding carboxylic acids is 1. The van der Waals surface area contributed by atoms with E-state index in [-0.39, 0.29) is 29.9 Å². The number of benzene rings is 2. The van der Waals surface area contributed by atoms with Gasteiger partial charge in [0.2, 0.25) is 0 Å². The van der Waals surface area contributed by atoms with Crippen molar-refractivity contribution >= 4 is 35.9 Å². The number of rotatable bonds is 7. The van der Waals surface area contributed by atoms with Crippen LogP contribution >= 0.6 is 24.0 Å². The number of guanidine groups is 1. The second-order valence-electron chi connectivity index (χ2n) is 5.54. The lowest BCUT2D eigenvalue weighted by Gasteiger charge is -2.12. The van der Waals surface area contributed by atoms with Crippen molar-refractivity contribution in [3.05, 3.63) is 65.2 Å². The topological polar surface area (TPSA) is 72.0 Å². The van der Waals surface area contributed by atoms with Gasteiger partial charge in [0.05, 0.1) is 19.3 Å². The van der Waals surface area contributed by atoms with E-state index in [1.54, 1.807) is 33.2 Å². The summed E-state index contributed by atoms with van der Waals surface area (Å²) in [7, 11) is 3.38. The minimum atomic E-state index is -0.302. The molecule has 0 aliphatic carbocycles. The zero-order valence-electron chi connectivity index (χ0n) is 15.8. The quantitative estimate of drug-likeness (QED) is 0.274. The Labute approximate surface area is 177 Å². The minimum absolute atomic E-state index is 0. The van der Waals surface area contributed by atoms with E-state index in [4.69, 9.17) is 9.47 Å².